The number of rotatable bonds is 7. The molecule has 7 nitrogen and oxygen atoms in total. The molecule has 3 aromatic carbocycles. The van der Waals surface area contributed by atoms with Gasteiger partial charge < -0.3 is 25.1 Å². The molecule has 0 aliphatic heterocycles. The van der Waals surface area contributed by atoms with Crippen molar-refractivity contribution in [3.8, 4) is 23.0 Å². The third kappa shape index (κ3) is 5.04. The van der Waals surface area contributed by atoms with Crippen molar-refractivity contribution in [1.29, 1.82) is 0 Å². The number of aromatic carboxylic acids is 1. The third-order valence-electron chi connectivity index (χ3n) is 3.87. The molecule has 7 heteroatoms. The smallest absolute Gasteiger partial charge is 0.339 e. The Kier molecular flexibility index (Phi) is 5.99. The Labute approximate surface area is 167 Å². The lowest BCUT2D eigenvalue weighted by Gasteiger charge is -2.11. The van der Waals surface area contributed by atoms with E-state index in [1.165, 1.54) is 18.2 Å². The van der Waals surface area contributed by atoms with Crippen LogP contribution in [0, 0.1) is 0 Å². The summed E-state index contributed by atoms with van der Waals surface area (Å²) in [5.74, 6) is -0.0420. The van der Waals surface area contributed by atoms with Crippen molar-refractivity contribution in [3.05, 3.63) is 77.9 Å². The summed E-state index contributed by atoms with van der Waals surface area (Å²) in [7, 11) is 0. The summed E-state index contributed by atoms with van der Waals surface area (Å²) in [6.45, 7) is 1.78. The van der Waals surface area contributed by atoms with Gasteiger partial charge in [-0.15, -0.1) is 0 Å². The second kappa shape index (κ2) is 8.79. The standard InChI is InChI=1S/C22H19NO6/c1-2-27-22(26)20-13-18(10-11-19(20)21(24)25)29-17-5-3-4-16(12-17)28-15-8-6-14(23)7-9-15/h3-13H,2,23H2,1H3,(H,24,25). The molecule has 3 rings (SSSR count). The number of carbonyl (C=O) groups excluding carboxylic acids is 1. The van der Waals surface area contributed by atoms with E-state index in [2.05, 4.69) is 0 Å². The average molecular weight is 393 g/mol. The van der Waals surface area contributed by atoms with E-state index in [9.17, 15) is 14.7 Å². The Balaban J connectivity index is 1.82. The predicted octanol–water partition coefficient (Wildman–Crippen LogP) is 4.73. The molecule has 0 atom stereocenters. The van der Waals surface area contributed by atoms with Gasteiger partial charge in [-0.3, -0.25) is 0 Å². The van der Waals surface area contributed by atoms with Gasteiger partial charge in [0.25, 0.3) is 0 Å². The van der Waals surface area contributed by atoms with Crippen LogP contribution in [0.4, 0.5) is 5.69 Å². The fourth-order valence-electron chi connectivity index (χ4n) is 2.56. The highest BCUT2D eigenvalue weighted by Gasteiger charge is 2.19. The Morgan fingerprint density at radius 3 is 2.03 bits per heavy atom. The summed E-state index contributed by atoms with van der Waals surface area (Å²) in [5, 5.41) is 9.28. The lowest BCUT2D eigenvalue weighted by molar-refractivity contribution is 0.0514. The van der Waals surface area contributed by atoms with E-state index < -0.39 is 11.9 Å². The van der Waals surface area contributed by atoms with Crippen molar-refractivity contribution in [2.24, 2.45) is 0 Å². The van der Waals surface area contributed by atoms with Crippen molar-refractivity contribution >= 4 is 17.6 Å². The molecule has 0 spiro atoms. The Bertz CT molecular complexity index is 1030. The summed E-state index contributed by atoms with van der Waals surface area (Å²) in [6.07, 6.45) is 0. The first-order valence-electron chi connectivity index (χ1n) is 8.82. The second-order valence-corrected chi connectivity index (χ2v) is 5.98. The summed E-state index contributed by atoms with van der Waals surface area (Å²) >= 11 is 0. The minimum absolute atomic E-state index is 0.0777. The molecular formula is C22H19NO6. The number of carboxylic acids is 1. The predicted molar refractivity (Wildman–Crippen MR) is 107 cm³/mol. The van der Waals surface area contributed by atoms with Crippen LogP contribution in [-0.4, -0.2) is 23.7 Å². The molecule has 0 unspecified atom stereocenters. The first-order valence-corrected chi connectivity index (χ1v) is 8.82. The minimum Gasteiger partial charge on any atom is -0.478 e. The number of carboxylic acid groups (broad SMARTS) is 1. The van der Waals surface area contributed by atoms with Crippen LogP contribution in [0.2, 0.25) is 0 Å². The van der Waals surface area contributed by atoms with Crippen molar-refractivity contribution in [2.45, 2.75) is 6.92 Å². The maximum Gasteiger partial charge on any atom is 0.339 e. The highest BCUT2D eigenvalue weighted by Crippen LogP contribution is 2.30. The van der Waals surface area contributed by atoms with Gasteiger partial charge >= 0.3 is 11.9 Å². The fraction of sp³-hybridized carbons (Fsp3) is 0.0909. The molecular weight excluding hydrogens is 374 g/mol. The Morgan fingerprint density at radius 2 is 1.41 bits per heavy atom. The zero-order chi connectivity index (χ0) is 20.8. The molecule has 0 amide bonds. The summed E-state index contributed by atoms with van der Waals surface area (Å²) in [5.41, 5.74) is 6.07. The normalized spacial score (nSPS) is 10.2. The van der Waals surface area contributed by atoms with E-state index in [1.54, 1.807) is 55.5 Å². The Morgan fingerprint density at radius 1 is 0.828 bits per heavy atom. The van der Waals surface area contributed by atoms with Crippen molar-refractivity contribution in [1.82, 2.24) is 0 Å². The molecule has 29 heavy (non-hydrogen) atoms. The van der Waals surface area contributed by atoms with Gasteiger partial charge in [0.15, 0.2) is 0 Å². The van der Waals surface area contributed by atoms with Crippen LogP contribution < -0.4 is 15.2 Å². The zero-order valence-electron chi connectivity index (χ0n) is 15.6. The van der Waals surface area contributed by atoms with Crippen LogP contribution >= 0.6 is 0 Å². The molecule has 0 aliphatic rings. The van der Waals surface area contributed by atoms with Gasteiger partial charge in [-0.05, 0) is 61.5 Å². The highest BCUT2D eigenvalue weighted by atomic mass is 16.5. The van der Waals surface area contributed by atoms with Gasteiger partial charge in [-0.2, -0.15) is 0 Å². The number of nitrogen functional groups attached to an aromatic ring is 1. The quantitative estimate of drug-likeness (QED) is 0.441. The molecule has 0 heterocycles. The van der Waals surface area contributed by atoms with E-state index in [0.717, 1.165) is 0 Å². The van der Waals surface area contributed by atoms with Crippen LogP contribution in [0.25, 0.3) is 0 Å². The molecule has 3 N–H and O–H groups in total. The summed E-state index contributed by atoms with van der Waals surface area (Å²) in [6, 6.07) is 18.0. The molecule has 0 bridgehead atoms. The van der Waals surface area contributed by atoms with E-state index >= 15 is 0 Å². The van der Waals surface area contributed by atoms with Crippen LogP contribution in [0.15, 0.2) is 66.7 Å². The van der Waals surface area contributed by atoms with Gasteiger partial charge in [0.1, 0.15) is 23.0 Å². The maximum absolute atomic E-state index is 12.1. The van der Waals surface area contributed by atoms with Crippen molar-refractivity contribution in [3.63, 3.8) is 0 Å². The number of ether oxygens (including phenoxy) is 3. The van der Waals surface area contributed by atoms with Gasteiger partial charge in [0.05, 0.1) is 17.7 Å². The molecule has 0 saturated heterocycles. The van der Waals surface area contributed by atoms with Crippen molar-refractivity contribution < 1.29 is 28.9 Å². The number of nitrogens with two attached hydrogens (primary N) is 1. The van der Waals surface area contributed by atoms with Gasteiger partial charge in [-0.1, -0.05) is 6.07 Å². The molecule has 0 aromatic heterocycles. The van der Waals surface area contributed by atoms with Crippen LogP contribution in [0.5, 0.6) is 23.0 Å². The molecule has 3 aromatic rings. The molecule has 148 valence electrons. The van der Waals surface area contributed by atoms with E-state index in [1.807, 2.05) is 0 Å². The number of esters is 1. The first kappa shape index (κ1) is 19.8. The number of hydrogen-bond acceptors (Lipinski definition) is 6. The second-order valence-electron chi connectivity index (χ2n) is 5.98. The van der Waals surface area contributed by atoms with E-state index in [0.29, 0.717) is 28.7 Å². The number of carbonyl (C=O) groups is 2. The zero-order valence-corrected chi connectivity index (χ0v) is 15.6. The maximum atomic E-state index is 12.1. The van der Waals surface area contributed by atoms with E-state index in [4.69, 9.17) is 19.9 Å². The van der Waals surface area contributed by atoms with Gasteiger partial charge in [-0.25, -0.2) is 9.59 Å². The summed E-state index contributed by atoms with van der Waals surface area (Å²) < 4.78 is 16.5. The lowest BCUT2D eigenvalue weighted by Crippen LogP contribution is -2.11. The molecule has 0 aliphatic carbocycles. The largest absolute Gasteiger partial charge is 0.478 e. The average Bonchev–Trinajstić information content (AvgIpc) is 2.70. The van der Waals surface area contributed by atoms with Gasteiger partial charge in [0, 0.05) is 11.8 Å². The van der Waals surface area contributed by atoms with Crippen LogP contribution in [-0.2, 0) is 4.74 Å². The van der Waals surface area contributed by atoms with Crippen LogP contribution in [0.3, 0.4) is 0 Å². The fourth-order valence-corrected chi connectivity index (χ4v) is 2.56. The minimum atomic E-state index is -1.22. The van der Waals surface area contributed by atoms with Crippen molar-refractivity contribution in [2.75, 3.05) is 12.3 Å². The van der Waals surface area contributed by atoms with E-state index in [-0.39, 0.29) is 17.7 Å². The first-order chi connectivity index (χ1) is 14.0. The number of hydrogen-bond donors (Lipinski definition) is 2. The number of anilines is 1. The SMILES string of the molecule is CCOC(=O)c1cc(Oc2cccc(Oc3ccc(N)cc3)c2)ccc1C(=O)O. The Hall–Kier alpha value is -4.00. The lowest BCUT2D eigenvalue weighted by atomic mass is 10.1. The highest BCUT2D eigenvalue weighted by molar-refractivity contribution is 6.02. The monoisotopic (exact) mass is 393 g/mol. The summed E-state index contributed by atoms with van der Waals surface area (Å²) in [4.78, 5) is 23.5. The molecule has 0 radical (unpaired) electrons. The van der Waals surface area contributed by atoms with Gasteiger partial charge in [0.2, 0.25) is 0 Å². The molecule has 0 fully saturated rings. The van der Waals surface area contributed by atoms with Crippen LogP contribution in [0.1, 0.15) is 27.6 Å². The topological polar surface area (TPSA) is 108 Å². The number of benzene rings is 3. The molecule has 0 saturated carbocycles. The third-order valence-corrected chi connectivity index (χ3v) is 3.87.